The van der Waals surface area contributed by atoms with Crippen molar-refractivity contribution in [1.29, 1.82) is 0 Å². The Bertz CT molecular complexity index is 536. The average Bonchev–Trinajstić information content (AvgIpc) is 2.43. The van der Waals surface area contributed by atoms with Gasteiger partial charge in [0.25, 0.3) is 0 Å². The first-order valence-corrected chi connectivity index (χ1v) is 7.80. The van der Waals surface area contributed by atoms with Crippen molar-refractivity contribution in [2.75, 3.05) is 27.4 Å². The predicted octanol–water partition coefficient (Wildman–Crippen LogP) is 0.738. The first-order valence-electron chi connectivity index (χ1n) is 5.94. The Kier molecular flexibility index (Phi) is 6.87. The number of ether oxygens (including phenoxy) is 2. The molecule has 0 heterocycles. The number of nitrogens with two attached hydrogens (primary N) is 1. The van der Waals surface area contributed by atoms with E-state index < -0.39 is 10.0 Å². The molecule has 0 saturated carbocycles. The largest absolute Gasteiger partial charge is 0.382 e. The molecule has 1 aromatic carbocycles. The number of halogens is 1. The number of hydrogen-bond donors (Lipinski definition) is 2. The molecule has 0 saturated heterocycles. The fourth-order valence-corrected chi connectivity index (χ4v) is 2.96. The van der Waals surface area contributed by atoms with Crippen molar-refractivity contribution in [3.63, 3.8) is 0 Å². The quantitative estimate of drug-likeness (QED) is 0.736. The van der Waals surface area contributed by atoms with Gasteiger partial charge in [-0.15, -0.1) is 0 Å². The van der Waals surface area contributed by atoms with Crippen molar-refractivity contribution in [3.8, 4) is 0 Å². The Morgan fingerprint density at radius 2 is 2.10 bits per heavy atom. The Labute approximate surface area is 124 Å². The van der Waals surface area contributed by atoms with Crippen LogP contribution in [0.1, 0.15) is 5.56 Å². The minimum atomic E-state index is -3.64. The van der Waals surface area contributed by atoms with E-state index in [2.05, 4.69) is 4.72 Å². The van der Waals surface area contributed by atoms with Gasteiger partial charge in [0.15, 0.2) is 0 Å². The fourth-order valence-electron chi connectivity index (χ4n) is 1.54. The highest BCUT2D eigenvalue weighted by molar-refractivity contribution is 7.89. The van der Waals surface area contributed by atoms with Crippen LogP contribution in [0, 0.1) is 0 Å². The summed E-state index contributed by atoms with van der Waals surface area (Å²) >= 11 is 5.96. The van der Waals surface area contributed by atoms with Gasteiger partial charge in [-0.1, -0.05) is 17.7 Å². The van der Waals surface area contributed by atoms with Crippen molar-refractivity contribution < 1.29 is 17.9 Å². The normalized spacial score (nSPS) is 13.4. The first-order chi connectivity index (χ1) is 9.44. The summed E-state index contributed by atoms with van der Waals surface area (Å²) in [6.45, 7) is 0.668. The molecular weight excluding hydrogens is 304 g/mol. The molecule has 1 atom stereocenters. The molecule has 0 spiro atoms. The zero-order valence-corrected chi connectivity index (χ0v) is 13.0. The van der Waals surface area contributed by atoms with Gasteiger partial charge in [0.05, 0.1) is 17.6 Å². The number of hydrogen-bond acceptors (Lipinski definition) is 5. The molecule has 8 heteroatoms. The summed E-state index contributed by atoms with van der Waals surface area (Å²) in [5.74, 6) is 0. The Balaban J connectivity index is 2.81. The van der Waals surface area contributed by atoms with Crippen LogP contribution in [0.15, 0.2) is 23.1 Å². The number of nitrogens with one attached hydrogen (secondary N) is 1. The summed E-state index contributed by atoms with van der Waals surface area (Å²) in [6.07, 6.45) is -0.353. The van der Waals surface area contributed by atoms with Crippen LogP contribution in [0.2, 0.25) is 5.02 Å². The average molecular weight is 323 g/mol. The lowest BCUT2D eigenvalue weighted by atomic mass is 10.2. The molecule has 6 nitrogen and oxygen atoms in total. The molecule has 0 aliphatic rings. The van der Waals surface area contributed by atoms with Crippen molar-refractivity contribution >= 4 is 21.6 Å². The van der Waals surface area contributed by atoms with Gasteiger partial charge in [-0.05, 0) is 17.7 Å². The minimum Gasteiger partial charge on any atom is -0.382 e. The van der Waals surface area contributed by atoms with Crippen molar-refractivity contribution in [2.45, 2.75) is 17.5 Å². The van der Waals surface area contributed by atoms with Crippen LogP contribution in [-0.4, -0.2) is 41.9 Å². The highest BCUT2D eigenvalue weighted by Gasteiger charge is 2.17. The smallest absolute Gasteiger partial charge is 0.240 e. The summed E-state index contributed by atoms with van der Waals surface area (Å²) in [7, 11) is -0.631. The second-order valence-electron chi connectivity index (χ2n) is 4.12. The van der Waals surface area contributed by atoms with Crippen LogP contribution in [-0.2, 0) is 26.0 Å². The molecular formula is C12H19ClN2O4S. The third-order valence-corrected chi connectivity index (χ3v) is 4.51. The maximum absolute atomic E-state index is 12.1. The predicted molar refractivity (Wildman–Crippen MR) is 77.2 cm³/mol. The van der Waals surface area contributed by atoms with Crippen molar-refractivity contribution in [2.24, 2.45) is 5.73 Å². The maximum atomic E-state index is 12.1. The molecule has 3 N–H and O–H groups in total. The molecule has 1 unspecified atom stereocenters. The molecule has 1 rings (SSSR count). The van der Waals surface area contributed by atoms with E-state index in [1.807, 2.05) is 0 Å². The zero-order valence-electron chi connectivity index (χ0n) is 11.4. The number of sulfonamides is 1. The molecule has 0 bridgehead atoms. The van der Waals surface area contributed by atoms with Crippen LogP contribution in [0.5, 0.6) is 0 Å². The second-order valence-corrected chi connectivity index (χ2v) is 6.30. The highest BCUT2D eigenvalue weighted by Crippen LogP contribution is 2.20. The fraction of sp³-hybridized carbons (Fsp3) is 0.500. The number of benzene rings is 1. The maximum Gasteiger partial charge on any atom is 0.240 e. The van der Waals surface area contributed by atoms with Gasteiger partial charge < -0.3 is 15.2 Å². The van der Waals surface area contributed by atoms with E-state index in [0.29, 0.717) is 17.2 Å². The monoisotopic (exact) mass is 322 g/mol. The van der Waals surface area contributed by atoms with Gasteiger partial charge >= 0.3 is 0 Å². The molecule has 0 aliphatic heterocycles. The van der Waals surface area contributed by atoms with E-state index >= 15 is 0 Å². The van der Waals surface area contributed by atoms with Gasteiger partial charge in [-0.2, -0.15) is 0 Å². The van der Waals surface area contributed by atoms with E-state index in [1.165, 1.54) is 26.4 Å². The topological polar surface area (TPSA) is 90.7 Å². The lowest BCUT2D eigenvalue weighted by Crippen LogP contribution is -2.35. The van der Waals surface area contributed by atoms with Gasteiger partial charge in [0.2, 0.25) is 10.0 Å². The summed E-state index contributed by atoms with van der Waals surface area (Å²) in [5.41, 5.74) is 6.17. The molecule has 0 aliphatic carbocycles. The van der Waals surface area contributed by atoms with Gasteiger partial charge in [-0.25, -0.2) is 13.1 Å². The Morgan fingerprint density at radius 1 is 1.40 bits per heavy atom. The standard InChI is InChI=1S/C12H19ClN2O4S/c1-18-8-10(19-2)7-15-20(16,17)11-4-3-9(6-14)12(13)5-11/h3-5,10,15H,6-8,14H2,1-2H3. The molecule has 0 amide bonds. The summed E-state index contributed by atoms with van der Waals surface area (Å²) in [6, 6.07) is 4.44. The third-order valence-electron chi connectivity index (χ3n) is 2.74. The van der Waals surface area contributed by atoms with Crippen molar-refractivity contribution in [3.05, 3.63) is 28.8 Å². The van der Waals surface area contributed by atoms with Gasteiger partial charge in [0.1, 0.15) is 0 Å². The molecule has 0 fully saturated rings. The van der Waals surface area contributed by atoms with E-state index in [9.17, 15) is 8.42 Å². The Morgan fingerprint density at radius 3 is 2.60 bits per heavy atom. The minimum absolute atomic E-state index is 0.0898. The lowest BCUT2D eigenvalue weighted by Gasteiger charge is -2.15. The van der Waals surface area contributed by atoms with E-state index in [1.54, 1.807) is 6.07 Å². The summed E-state index contributed by atoms with van der Waals surface area (Å²) < 4.78 is 36.7. The zero-order chi connectivity index (χ0) is 15.2. The van der Waals surface area contributed by atoms with Crippen LogP contribution in [0.25, 0.3) is 0 Å². The number of rotatable bonds is 8. The third kappa shape index (κ3) is 4.69. The number of methoxy groups -OCH3 is 2. The summed E-state index contributed by atoms with van der Waals surface area (Å²) in [4.78, 5) is 0.0898. The first kappa shape index (κ1) is 17.4. The van der Waals surface area contributed by atoms with Crippen LogP contribution < -0.4 is 10.5 Å². The SMILES string of the molecule is COCC(CNS(=O)(=O)c1ccc(CN)c(Cl)c1)OC. The highest BCUT2D eigenvalue weighted by atomic mass is 35.5. The molecule has 20 heavy (non-hydrogen) atoms. The van der Waals surface area contributed by atoms with E-state index in [0.717, 1.165) is 0 Å². The van der Waals surface area contributed by atoms with Gasteiger partial charge in [0, 0.05) is 32.3 Å². The van der Waals surface area contributed by atoms with Crippen LogP contribution >= 0.6 is 11.6 Å². The van der Waals surface area contributed by atoms with Gasteiger partial charge in [-0.3, -0.25) is 0 Å². The molecule has 1 aromatic rings. The molecule has 0 aromatic heterocycles. The molecule has 0 radical (unpaired) electrons. The summed E-state index contributed by atoms with van der Waals surface area (Å²) in [5, 5.41) is 0.329. The van der Waals surface area contributed by atoms with Crippen LogP contribution in [0.3, 0.4) is 0 Å². The lowest BCUT2D eigenvalue weighted by molar-refractivity contribution is 0.0320. The molecule has 114 valence electrons. The second kappa shape index (κ2) is 7.92. The van der Waals surface area contributed by atoms with E-state index in [-0.39, 0.29) is 24.1 Å². The van der Waals surface area contributed by atoms with Crippen molar-refractivity contribution in [1.82, 2.24) is 4.72 Å². The Hall–Kier alpha value is -0.700. The van der Waals surface area contributed by atoms with E-state index in [4.69, 9.17) is 26.8 Å². The van der Waals surface area contributed by atoms with Crippen LogP contribution in [0.4, 0.5) is 0 Å².